The molecule has 3 nitrogen and oxygen atoms in total. The van der Waals surface area contributed by atoms with Crippen LogP contribution in [-0.2, 0) is 17.8 Å². The molecule has 18 heavy (non-hydrogen) atoms. The maximum Gasteiger partial charge on any atom is 0.226 e. The van der Waals surface area contributed by atoms with E-state index < -0.39 is 0 Å². The van der Waals surface area contributed by atoms with Crippen LogP contribution in [0.2, 0.25) is 5.02 Å². The molecule has 0 spiro atoms. The summed E-state index contributed by atoms with van der Waals surface area (Å²) in [5, 5.41) is 6.42. The summed E-state index contributed by atoms with van der Waals surface area (Å²) in [4.78, 5) is 16.0. The van der Waals surface area contributed by atoms with Gasteiger partial charge in [-0.05, 0) is 24.6 Å². The highest BCUT2D eigenvalue weighted by Gasteiger charge is 2.06. The topological polar surface area (TPSA) is 42.0 Å². The minimum atomic E-state index is -0.0275. The van der Waals surface area contributed by atoms with Gasteiger partial charge in [0.25, 0.3) is 0 Å². The van der Waals surface area contributed by atoms with E-state index in [1.807, 2.05) is 36.6 Å². The Morgan fingerprint density at radius 2 is 2.33 bits per heavy atom. The van der Waals surface area contributed by atoms with Crippen molar-refractivity contribution < 1.29 is 4.79 Å². The van der Waals surface area contributed by atoms with Crippen LogP contribution in [0.1, 0.15) is 16.3 Å². The largest absolute Gasteiger partial charge is 0.352 e. The van der Waals surface area contributed by atoms with Crippen molar-refractivity contribution in [2.45, 2.75) is 19.9 Å². The number of carbonyl (C=O) groups is 1. The molecule has 5 heteroatoms. The van der Waals surface area contributed by atoms with Crippen molar-refractivity contribution in [3.05, 3.63) is 50.9 Å². The van der Waals surface area contributed by atoms with Crippen LogP contribution in [0.25, 0.3) is 0 Å². The molecule has 1 heterocycles. The number of carbonyl (C=O) groups excluding carboxylic acids is 1. The van der Waals surface area contributed by atoms with Crippen LogP contribution in [0.5, 0.6) is 0 Å². The molecule has 0 aliphatic rings. The van der Waals surface area contributed by atoms with Crippen molar-refractivity contribution in [3.8, 4) is 0 Å². The van der Waals surface area contributed by atoms with E-state index >= 15 is 0 Å². The lowest BCUT2D eigenvalue weighted by atomic mass is 10.2. The monoisotopic (exact) mass is 280 g/mol. The second-order valence-corrected chi connectivity index (χ2v) is 5.44. The highest BCUT2D eigenvalue weighted by molar-refractivity contribution is 7.09. The molecule has 0 atom stereocenters. The van der Waals surface area contributed by atoms with Crippen LogP contribution in [0.3, 0.4) is 0 Å². The summed E-state index contributed by atoms with van der Waals surface area (Å²) >= 11 is 7.43. The van der Waals surface area contributed by atoms with Crippen LogP contribution in [0, 0.1) is 6.92 Å². The van der Waals surface area contributed by atoms with E-state index in [-0.39, 0.29) is 5.91 Å². The SMILES string of the molecule is Cc1nc(CC(=O)NCc2cccc(Cl)c2)cs1. The van der Waals surface area contributed by atoms with Crippen molar-refractivity contribution in [1.29, 1.82) is 0 Å². The molecule has 0 aliphatic heterocycles. The van der Waals surface area contributed by atoms with E-state index in [1.54, 1.807) is 11.3 Å². The molecule has 2 rings (SSSR count). The smallest absolute Gasteiger partial charge is 0.226 e. The van der Waals surface area contributed by atoms with Crippen LogP contribution >= 0.6 is 22.9 Å². The summed E-state index contributed by atoms with van der Waals surface area (Å²) in [5.41, 5.74) is 1.81. The number of thiazole rings is 1. The summed E-state index contributed by atoms with van der Waals surface area (Å²) < 4.78 is 0. The van der Waals surface area contributed by atoms with Crippen molar-refractivity contribution in [1.82, 2.24) is 10.3 Å². The molecule has 0 unspecified atom stereocenters. The van der Waals surface area contributed by atoms with Gasteiger partial charge in [0, 0.05) is 16.9 Å². The molecule has 0 fully saturated rings. The zero-order valence-corrected chi connectivity index (χ0v) is 11.5. The Balaban J connectivity index is 1.85. The Labute approximate surface area is 115 Å². The van der Waals surface area contributed by atoms with Crippen LogP contribution < -0.4 is 5.32 Å². The van der Waals surface area contributed by atoms with E-state index in [4.69, 9.17) is 11.6 Å². The van der Waals surface area contributed by atoms with Gasteiger partial charge in [0.05, 0.1) is 17.1 Å². The number of benzene rings is 1. The van der Waals surface area contributed by atoms with E-state index in [2.05, 4.69) is 10.3 Å². The predicted octanol–water partition coefficient (Wildman–Crippen LogP) is 2.96. The number of nitrogens with one attached hydrogen (secondary N) is 1. The Morgan fingerprint density at radius 3 is 3.00 bits per heavy atom. The number of nitrogens with zero attached hydrogens (tertiary/aromatic N) is 1. The summed E-state index contributed by atoms with van der Waals surface area (Å²) in [6, 6.07) is 7.45. The maximum atomic E-state index is 11.7. The van der Waals surface area contributed by atoms with E-state index in [9.17, 15) is 4.79 Å². The van der Waals surface area contributed by atoms with Gasteiger partial charge in [-0.2, -0.15) is 0 Å². The highest BCUT2D eigenvalue weighted by atomic mass is 35.5. The van der Waals surface area contributed by atoms with Gasteiger partial charge in [-0.3, -0.25) is 4.79 Å². The molecule has 1 aromatic carbocycles. The first-order chi connectivity index (χ1) is 8.63. The van der Waals surface area contributed by atoms with Crippen LogP contribution in [0.15, 0.2) is 29.6 Å². The first-order valence-electron chi connectivity index (χ1n) is 5.55. The lowest BCUT2D eigenvalue weighted by Gasteiger charge is -2.04. The number of aryl methyl sites for hydroxylation is 1. The van der Waals surface area contributed by atoms with Gasteiger partial charge in [0.15, 0.2) is 0 Å². The van der Waals surface area contributed by atoms with Gasteiger partial charge in [-0.1, -0.05) is 23.7 Å². The normalized spacial score (nSPS) is 10.3. The van der Waals surface area contributed by atoms with Crippen LogP contribution in [0.4, 0.5) is 0 Å². The minimum absolute atomic E-state index is 0.0275. The Bertz CT molecular complexity index is 553. The van der Waals surface area contributed by atoms with Gasteiger partial charge < -0.3 is 5.32 Å². The third kappa shape index (κ3) is 3.82. The lowest BCUT2D eigenvalue weighted by Crippen LogP contribution is -2.24. The van der Waals surface area contributed by atoms with Gasteiger partial charge in [0.2, 0.25) is 5.91 Å². The Morgan fingerprint density at radius 1 is 1.50 bits per heavy atom. The summed E-state index contributed by atoms with van der Waals surface area (Å²) in [7, 11) is 0. The number of aromatic nitrogens is 1. The molecule has 0 radical (unpaired) electrons. The summed E-state index contributed by atoms with van der Waals surface area (Å²) in [6.45, 7) is 2.42. The molecule has 1 amide bonds. The Kier molecular flexibility index (Phi) is 4.33. The second kappa shape index (κ2) is 5.98. The third-order valence-corrected chi connectivity index (χ3v) is 3.44. The molecule has 0 saturated carbocycles. The molecular formula is C13H13ClN2OS. The number of hydrogen-bond donors (Lipinski definition) is 1. The maximum absolute atomic E-state index is 11.7. The third-order valence-electron chi connectivity index (χ3n) is 2.39. The first kappa shape index (κ1) is 13.1. The molecule has 1 aromatic heterocycles. The number of amides is 1. The zero-order valence-electron chi connectivity index (χ0n) is 9.94. The average molecular weight is 281 g/mol. The van der Waals surface area contributed by atoms with Crippen LogP contribution in [-0.4, -0.2) is 10.9 Å². The molecule has 0 bridgehead atoms. The standard InChI is InChI=1S/C13H13ClN2OS/c1-9-16-12(8-18-9)6-13(17)15-7-10-3-2-4-11(14)5-10/h2-5,8H,6-7H2,1H3,(H,15,17). The molecule has 0 saturated heterocycles. The predicted molar refractivity (Wildman–Crippen MR) is 73.9 cm³/mol. The minimum Gasteiger partial charge on any atom is -0.352 e. The summed E-state index contributed by atoms with van der Waals surface area (Å²) in [5.74, 6) is -0.0275. The van der Waals surface area contributed by atoms with Crippen molar-refractivity contribution in [2.75, 3.05) is 0 Å². The number of halogens is 1. The zero-order chi connectivity index (χ0) is 13.0. The van der Waals surface area contributed by atoms with Gasteiger partial charge >= 0.3 is 0 Å². The Hall–Kier alpha value is -1.39. The quantitative estimate of drug-likeness (QED) is 0.935. The molecule has 1 N–H and O–H groups in total. The van der Waals surface area contributed by atoms with Gasteiger partial charge in [-0.15, -0.1) is 11.3 Å². The van der Waals surface area contributed by atoms with Crippen molar-refractivity contribution in [2.24, 2.45) is 0 Å². The van der Waals surface area contributed by atoms with E-state index in [0.717, 1.165) is 16.3 Å². The fourth-order valence-electron chi connectivity index (χ4n) is 1.56. The molecular weight excluding hydrogens is 268 g/mol. The van der Waals surface area contributed by atoms with E-state index in [1.165, 1.54) is 0 Å². The summed E-state index contributed by atoms with van der Waals surface area (Å²) in [6.07, 6.45) is 0.324. The fourth-order valence-corrected chi connectivity index (χ4v) is 2.39. The van der Waals surface area contributed by atoms with E-state index in [0.29, 0.717) is 18.0 Å². The average Bonchev–Trinajstić information content (AvgIpc) is 2.72. The highest BCUT2D eigenvalue weighted by Crippen LogP contribution is 2.11. The number of rotatable bonds is 4. The van der Waals surface area contributed by atoms with Crippen molar-refractivity contribution >= 4 is 28.8 Å². The lowest BCUT2D eigenvalue weighted by molar-refractivity contribution is -0.120. The number of hydrogen-bond acceptors (Lipinski definition) is 3. The van der Waals surface area contributed by atoms with Gasteiger partial charge in [0.1, 0.15) is 0 Å². The van der Waals surface area contributed by atoms with Gasteiger partial charge in [-0.25, -0.2) is 4.98 Å². The first-order valence-corrected chi connectivity index (χ1v) is 6.81. The molecule has 2 aromatic rings. The fraction of sp³-hybridized carbons (Fsp3) is 0.231. The molecule has 0 aliphatic carbocycles. The molecule has 94 valence electrons. The van der Waals surface area contributed by atoms with Crippen molar-refractivity contribution in [3.63, 3.8) is 0 Å². The second-order valence-electron chi connectivity index (χ2n) is 3.94.